The van der Waals surface area contributed by atoms with E-state index in [9.17, 15) is 9.18 Å². The fourth-order valence-electron chi connectivity index (χ4n) is 2.06. The van der Waals surface area contributed by atoms with Gasteiger partial charge in [0, 0.05) is 6.54 Å². The Hall–Kier alpha value is -2.00. The number of hydrogen-bond donors (Lipinski definition) is 0. The van der Waals surface area contributed by atoms with Gasteiger partial charge < -0.3 is 0 Å². The molecule has 0 radical (unpaired) electrons. The molecular formula is C17H18FNO. The van der Waals surface area contributed by atoms with E-state index in [1.807, 2.05) is 30.1 Å². The number of benzene rings is 2. The highest BCUT2D eigenvalue weighted by Gasteiger charge is 2.13. The summed E-state index contributed by atoms with van der Waals surface area (Å²) in [6.07, 6.45) is 0.877. The number of hydrogen-bond acceptors (Lipinski definition) is 2. The lowest BCUT2D eigenvalue weighted by molar-refractivity contribution is 0.0943. The molecule has 0 saturated carbocycles. The molecule has 0 unspecified atom stereocenters. The first-order valence-electron chi connectivity index (χ1n) is 6.67. The van der Waals surface area contributed by atoms with E-state index in [1.165, 1.54) is 17.7 Å². The van der Waals surface area contributed by atoms with Crippen molar-refractivity contribution in [2.75, 3.05) is 20.1 Å². The number of nitrogens with zero attached hydrogens (tertiary/aromatic N) is 1. The maximum Gasteiger partial charge on any atom is 0.179 e. The molecule has 0 bridgehead atoms. The molecule has 2 aromatic carbocycles. The van der Waals surface area contributed by atoms with Crippen LogP contribution in [0.1, 0.15) is 15.9 Å². The Kier molecular flexibility index (Phi) is 5.02. The lowest BCUT2D eigenvalue weighted by Gasteiger charge is -2.15. The summed E-state index contributed by atoms with van der Waals surface area (Å²) in [6.45, 7) is 0.998. The van der Waals surface area contributed by atoms with Crippen molar-refractivity contribution >= 4 is 5.78 Å². The van der Waals surface area contributed by atoms with E-state index < -0.39 is 5.82 Å². The number of halogens is 1. The zero-order chi connectivity index (χ0) is 14.4. The van der Waals surface area contributed by atoms with Gasteiger partial charge in [0.2, 0.25) is 0 Å². The van der Waals surface area contributed by atoms with Crippen molar-refractivity contribution in [3.8, 4) is 0 Å². The predicted molar refractivity (Wildman–Crippen MR) is 78.4 cm³/mol. The van der Waals surface area contributed by atoms with Crippen LogP contribution in [0.4, 0.5) is 4.39 Å². The van der Waals surface area contributed by atoms with Gasteiger partial charge in [-0.15, -0.1) is 0 Å². The zero-order valence-electron chi connectivity index (χ0n) is 11.6. The number of carbonyl (C=O) groups is 1. The van der Waals surface area contributed by atoms with E-state index in [4.69, 9.17) is 0 Å². The lowest BCUT2D eigenvalue weighted by atomic mass is 10.1. The molecule has 0 aliphatic rings. The molecule has 0 N–H and O–H groups in total. The third kappa shape index (κ3) is 4.00. The van der Waals surface area contributed by atoms with Gasteiger partial charge in [0.15, 0.2) is 5.78 Å². The average Bonchev–Trinajstić information content (AvgIpc) is 2.46. The maximum absolute atomic E-state index is 13.5. The van der Waals surface area contributed by atoms with Crippen LogP contribution in [0, 0.1) is 5.82 Å². The Labute approximate surface area is 118 Å². The normalized spacial score (nSPS) is 10.8. The molecule has 104 valence electrons. The Balaban J connectivity index is 1.87. The van der Waals surface area contributed by atoms with Gasteiger partial charge >= 0.3 is 0 Å². The number of carbonyl (C=O) groups excluding carboxylic acids is 1. The van der Waals surface area contributed by atoms with Crippen LogP contribution in [0.5, 0.6) is 0 Å². The number of ketones is 1. The first kappa shape index (κ1) is 14.4. The van der Waals surface area contributed by atoms with Crippen molar-refractivity contribution in [3.05, 3.63) is 71.5 Å². The van der Waals surface area contributed by atoms with Gasteiger partial charge in [0.05, 0.1) is 12.1 Å². The molecule has 0 aliphatic heterocycles. The molecule has 0 spiro atoms. The van der Waals surface area contributed by atoms with E-state index in [-0.39, 0.29) is 17.9 Å². The van der Waals surface area contributed by atoms with Crippen molar-refractivity contribution in [1.29, 1.82) is 0 Å². The van der Waals surface area contributed by atoms with Crippen LogP contribution in [-0.4, -0.2) is 30.8 Å². The standard InChI is InChI=1S/C17H18FNO/c1-19(12-11-14-7-3-2-4-8-14)13-17(20)15-9-5-6-10-16(15)18/h2-10H,11-13H2,1H3. The van der Waals surface area contributed by atoms with Gasteiger partial charge in [0.25, 0.3) is 0 Å². The molecule has 0 fully saturated rings. The first-order chi connectivity index (χ1) is 9.66. The van der Waals surface area contributed by atoms with Crippen LogP contribution in [0.2, 0.25) is 0 Å². The highest BCUT2D eigenvalue weighted by molar-refractivity contribution is 5.97. The molecule has 0 aliphatic carbocycles. The van der Waals surface area contributed by atoms with E-state index >= 15 is 0 Å². The summed E-state index contributed by atoms with van der Waals surface area (Å²) in [5.41, 5.74) is 1.40. The molecule has 2 rings (SSSR count). The Morgan fingerprint density at radius 3 is 2.40 bits per heavy atom. The SMILES string of the molecule is CN(CCc1ccccc1)CC(=O)c1ccccc1F. The molecule has 20 heavy (non-hydrogen) atoms. The van der Waals surface area contributed by atoms with Crippen LogP contribution in [0.25, 0.3) is 0 Å². The second-order valence-corrected chi connectivity index (χ2v) is 4.88. The molecule has 2 aromatic rings. The van der Waals surface area contributed by atoms with Crippen molar-refractivity contribution in [2.24, 2.45) is 0 Å². The zero-order valence-corrected chi connectivity index (χ0v) is 11.6. The minimum atomic E-state index is -0.450. The van der Waals surface area contributed by atoms with Crippen LogP contribution >= 0.6 is 0 Å². The van der Waals surface area contributed by atoms with E-state index in [0.29, 0.717) is 0 Å². The quantitative estimate of drug-likeness (QED) is 0.752. The molecule has 0 amide bonds. The minimum absolute atomic E-state index is 0.166. The minimum Gasteiger partial charge on any atom is -0.299 e. The van der Waals surface area contributed by atoms with Crippen LogP contribution in [0.3, 0.4) is 0 Å². The average molecular weight is 271 g/mol. The molecule has 0 atom stereocenters. The van der Waals surface area contributed by atoms with Gasteiger partial charge in [-0.1, -0.05) is 42.5 Å². The largest absolute Gasteiger partial charge is 0.299 e. The maximum atomic E-state index is 13.5. The van der Waals surface area contributed by atoms with Gasteiger partial charge in [-0.05, 0) is 31.2 Å². The molecule has 0 saturated heterocycles. The molecule has 0 heterocycles. The summed E-state index contributed by atoms with van der Waals surface area (Å²) in [5, 5.41) is 0. The van der Waals surface area contributed by atoms with Gasteiger partial charge in [-0.25, -0.2) is 4.39 Å². The summed E-state index contributed by atoms with van der Waals surface area (Å²) in [7, 11) is 1.88. The highest BCUT2D eigenvalue weighted by atomic mass is 19.1. The fraction of sp³-hybridized carbons (Fsp3) is 0.235. The van der Waals surface area contributed by atoms with Crippen LogP contribution in [0.15, 0.2) is 54.6 Å². The summed E-state index contributed by atoms with van der Waals surface area (Å²) >= 11 is 0. The third-order valence-electron chi connectivity index (χ3n) is 3.21. The Bertz CT molecular complexity index is 568. The van der Waals surface area contributed by atoms with Gasteiger partial charge in [0.1, 0.15) is 5.82 Å². The number of Topliss-reactive ketones (excluding diaryl/α,β-unsaturated/α-hetero) is 1. The number of rotatable bonds is 6. The lowest BCUT2D eigenvalue weighted by Crippen LogP contribution is -2.28. The van der Waals surface area contributed by atoms with E-state index in [0.717, 1.165) is 13.0 Å². The Morgan fingerprint density at radius 2 is 1.70 bits per heavy atom. The fourth-order valence-corrected chi connectivity index (χ4v) is 2.06. The van der Waals surface area contributed by atoms with E-state index in [2.05, 4.69) is 12.1 Å². The highest BCUT2D eigenvalue weighted by Crippen LogP contribution is 2.08. The third-order valence-corrected chi connectivity index (χ3v) is 3.21. The number of likely N-dealkylation sites (N-methyl/N-ethyl adjacent to an activating group) is 1. The van der Waals surface area contributed by atoms with Gasteiger partial charge in [-0.3, -0.25) is 9.69 Å². The first-order valence-corrected chi connectivity index (χ1v) is 6.67. The predicted octanol–water partition coefficient (Wildman–Crippen LogP) is 3.18. The van der Waals surface area contributed by atoms with Crippen molar-refractivity contribution in [1.82, 2.24) is 4.90 Å². The van der Waals surface area contributed by atoms with Crippen molar-refractivity contribution in [2.45, 2.75) is 6.42 Å². The monoisotopic (exact) mass is 271 g/mol. The molecule has 2 nitrogen and oxygen atoms in total. The van der Waals surface area contributed by atoms with Gasteiger partial charge in [-0.2, -0.15) is 0 Å². The molecular weight excluding hydrogens is 253 g/mol. The second-order valence-electron chi connectivity index (χ2n) is 4.88. The Morgan fingerprint density at radius 1 is 1.05 bits per heavy atom. The van der Waals surface area contributed by atoms with Crippen molar-refractivity contribution in [3.63, 3.8) is 0 Å². The second kappa shape index (κ2) is 6.96. The topological polar surface area (TPSA) is 20.3 Å². The summed E-state index contributed by atoms with van der Waals surface area (Å²) < 4.78 is 13.5. The summed E-state index contributed by atoms with van der Waals surface area (Å²) in [6, 6.07) is 16.2. The van der Waals surface area contributed by atoms with E-state index in [1.54, 1.807) is 12.1 Å². The summed E-state index contributed by atoms with van der Waals surface area (Å²) in [4.78, 5) is 13.9. The molecule has 0 aromatic heterocycles. The van der Waals surface area contributed by atoms with Crippen LogP contribution in [-0.2, 0) is 6.42 Å². The van der Waals surface area contributed by atoms with Crippen molar-refractivity contribution < 1.29 is 9.18 Å². The molecule has 3 heteroatoms. The van der Waals surface area contributed by atoms with Crippen LogP contribution < -0.4 is 0 Å². The summed E-state index contributed by atoms with van der Waals surface area (Å²) in [5.74, 6) is -0.632. The smallest absolute Gasteiger partial charge is 0.179 e.